The van der Waals surface area contributed by atoms with Crippen LogP contribution in [0.25, 0.3) is 5.76 Å². The Balaban J connectivity index is 2.15. The molecule has 0 aliphatic carbocycles. The van der Waals surface area contributed by atoms with E-state index in [1.807, 2.05) is 24.3 Å². The SMILES string of the molecule is COCCN1C(=O)C(=O)/C(=C(\O)c2ccc(OC)c(Cl)c2)C1c1ccc(C(C)(C)C)cc1. The lowest BCUT2D eigenvalue weighted by atomic mass is 9.85. The Morgan fingerprint density at radius 1 is 1.09 bits per heavy atom. The number of hydrogen-bond donors (Lipinski definition) is 1. The van der Waals surface area contributed by atoms with Crippen LogP contribution in [0.5, 0.6) is 5.75 Å². The highest BCUT2D eigenvalue weighted by molar-refractivity contribution is 6.46. The van der Waals surface area contributed by atoms with Gasteiger partial charge in [0.2, 0.25) is 0 Å². The first-order valence-corrected chi connectivity index (χ1v) is 10.7. The third-order valence-corrected chi connectivity index (χ3v) is 5.89. The van der Waals surface area contributed by atoms with Crippen molar-refractivity contribution in [1.82, 2.24) is 4.90 Å². The second-order valence-electron chi connectivity index (χ2n) is 8.71. The predicted molar refractivity (Wildman–Crippen MR) is 124 cm³/mol. The first-order valence-electron chi connectivity index (χ1n) is 10.3. The second kappa shape index (κ2) is 9.35. The number of carbonyl (C=O) groups is 2. The molecule has 170 valence electrons. The summed E-state index contributed by atoms with van der Waals surface area (Å²) in [5.41, 5.74) is 2.16. The van der Waals surface area contributed by atoms with Crippen LogP contribution in [0.1, 0.15) is 43.5 Å². The van der Waals surface area contributed by atoms with Gasteiger partial charge in [0.1, 0.15) is 11.5 Å². The summed E-state index contributed by atoms with van der Waals surface area (Å²) >= 11 is 6.22. The number of ketones is 1. The van der Waals surface area contributed by atoms with Crippen molar-refractivity contribution in [2.75, 3.05) is 27.4 Å². The number of methoxy groups -OCH3 is 2. The summed E-state index contributed by atoms with van der Waals surface area (Å²) in [5, 5.41) is 11.4. The van der Waals surface area contributed by atoms with E-state index in [9.17, 15) is 14.7 Å². The number of aliphatic hydroxyl groups is 1. The molecule has 1 saturated heterocycles. The maximum absolute atomic E-state index is 13.0. The van der Waals surface area contributed by atoms with Gasteiger partial charge < -0.3 is 19.5 Å². The van der Waals surface area contributed by atoms with Crippen LogP contribution in [0.2, 0.25) is 5.02 Å². The molecule has 1 unspecified atom stereocenters. The van der Waals surface area contributed by atoms with Crippen LogP contribution in [-0.2, 0) is 19.7 Å². The molecule has 0 radical (unpaired) electrons. The van der Waals surface area contributed by atoms with E-state index in [-0.39, 0.29) is 34.9 Å². The van der Waals surface area contributed by atoms with Crippen LogP contribution >= 0.6 is 11.6 Å². The van der Waals surface area contributed by atoms with Crippen LogP contribution < -0.4 is 4.74 Å². The maximum Gasteiger partial charge on any atom is 0.295 e. The van der Waals surface area contributed by atoms with E-state index in [1.165, 1.54) is 25.2 Å². The highest BCUT2D eigenvalue weighted by atomic mass is 35.5. The minimum Gasteiger partial charge on any atom is -0.507 e. The molecule has 0 saturated carbocycles. The fraction of sp³-hybridized carbons (Fsp3) is 0.360. The molecule has 2 aromatic rings. The van der Waals surface area contributed by atoms with Crippen molar-refractivity contribution in [2.45, 2.75) is 32.2 Å². The Kier molecular flexibility index (Phi) is 6.96. The van der Waals surface area contributed by atoms with E-state index in [1.54, 1.807) is 12.1 Å². The molecule has 1 aliphatic rings. The van der Waals surface area contributed by atoms with E-state index in [4.69, 9.17) is 21.1 Å². The van der Waals surface area contributed by atoms with Gasteiger partial charge in [-0.05, 0) is 34.7 Å². The molecular formula is C25H28ClNO5. The molecule has 1 amide bonds. The van der Waals surface area contributed by atoms with Gasteiger partial charge in [0.05, 0.1) is 30.4 Å². The molecule has 0 aromatic heterocycles. The topological polar surface area (TPSA) is 76.1 Å². The number of aliphatic hydroxyl groups excluding tert-OH is 1. The molecule has 0 spiro atoms. The molecule has 1 atom stereocenters. The van der Waals surface area contributed by atoms with Gasteiger partial charge >= 0.3 is 0 Å². The monoisotopic (exact) mass is 457 g/mol. The standard InChI is InChI=1S/C25H28ClNO5/c1-25(2,3)17-9-6-15(7-10-17)21-20(23(29)24(30)27(21)12-13-31-4)22(28)16-8-11-19(32-5)18(26)14-16/h6-11,14,21,28H,12-13H2,1-5H3/b22-20-. The van der Waals surface area contributed by atoms with Gasteiger partial charge in [-0.2, -0.15) is 0 Å². The number of hydrogen-bond acceptors (Lipinski definition) is 5. The number of nitrogens with zero attached hydrogens (tertiary/aromatic N) is 1. The average molecular weight is 458 g/mol. The number of carbonyl (C=O) groups excluding carboxylic acids is 2. The predicted octanol–water partition coefficient (Wildman–Crippen LogP) is 4.71. The lowest BCUT2D eigenvalue weighted by molar-refractivity contribution is -0.140. The first-order chi connectivity index (χ1) is 15.1. The molecule has 1 N–H and O–H groups in total. The highest BCUT2D eigenvalue weighted by Crippen LogP contribution is 2.40. The minimum atomic E-state index is -0.740. The average Bonchev–Trinajstić information content (AvgIpc) is 3.01. The van der Waals surface area contributed by atoms with Crippen molar-refractivity contribution < 1.29 is 24.2 Å². The van der Waals surface area contributed by atoms with E-state index >= 15 is 0 Å². The highest BCUT2D eigenvalue weighted by Gasteiger charge is 2.46. The van der Waals surface area contributed by atoms with Crippen LogP contribution in [0.15, 0.2) is 48.0 Å². The fourth-order valence-corrected chi connectivity index (χ4v) is 4.04. The minimum absolute atomic E-state index is 0.0239. The van der Waals surface area contributed by atoms with Crippen molar-refractivity contribution in [3.05, 3.63) is 69.8 Å². The number of Topliss-reactive ketones (excluding diaryl/α,β-unsaturated/α-hetero) is 1. The smallest absolute Gasteiger partial charge is 0.295 e. The lowest BCUT2D eigenvalue weighted by Gasteiger charge is -2.26. The zero-order valence-corrected chi connectivity index (χ0v) is 19.7. The van der Waals surface area contributed by atoms with Crippen LogP contribution in [0, 0.1) is 0 Å². The fourth-order valence-electron chi connectivity index (χ4n) is 3.78. The molecule has 1 aliphatic heterocycles. The normalized spacial score (nSPS) is 18.3. The second-order valence-corrected chi connectivity index (χ2v) is 9.11. The van der Waals surface area contributed by atoms with Gasteiger partial charge in [-0.25, -0.2) is 0 Å². The van der Waals surface area contributed by atoms with Crippen molar-refractivity contribution in [1.29, 1.82) is 0 Å². The van der Waals surface area contributed by atoms with Crippen molar-refractivity contribution >= 4 is 29.1 Å². The van der Waals surface area contributed by atoms with Crippen LogP contribution in [0.4, 0.5) is 0 Å². The zero-order valence-electron chi connectivity index (χ0n) is 18.9. The molecule has 2 aromatic carbocycles. The van der Waals surface area contributed by atoms with E-state index in [2.05, 4.69) is 20.8 Å². The summed E-state index contributed by atoms with van der Waals surface area (Å²) < 4.78 is 10.3. The number of amides is 1. The van der Waals surface area contributed by atoms with Crippen LogP contribution in [0.3, 0.4) is 0 Å². The van der Waals surface area contributed by atoms with E-state index in [0.717, 1.165) is 11.1 Å². The molecular weight excluding hydrogens is 430 g/mol. The summed E-state index contributed by atoms with van der Waals surface area (Å²) in [7, 11) is 3.02. The largest absolute Gasteiger partial charge is 0.507 e. The van der Waals surface area contributed by atoms with Gasteiger partial charge in [0.25, 0.3) is 11.7 Å². The van der Waals surface area contributed by atoms with Gasteiger partial charge in [-0.15, -0.1) is 0 Å². The number of rotatable bonds is 6. The van der Waals surface area contributed by atoms with Crippen LogP contribution in [-0.4, -0.2) is 49.1 Å². The molecule has 6 nitrogen and oxygen atoms in total. The molecule has 1 heterocycles. The molecule has 7 heteroatoms. The van der Waals surface area contributed by atoms with E-state index in [0.29, 0.717) is 11.3 Å². The third kappa shape index (κ3) is 4.52. The number of benzene rings is 2. The number of halogens is 1. The molecule has 1 fully saturated rings. The Labute approximate surface area is 193 Å². The third-order valence-electron chi connectivity index (χ3n) is 5.59. The quantitative estimate of drug-likeness (QED) is 0.386. The Morgan fingerprint density at radius 3 is 2.28 bits per heavy atom. The van der Waals surface area contributed by atoms with Crippen molar-refractivity contribution in [3.63, 3.8) is 0 Å². The van der Waals surface area contributed by atoms with E-state index < -0.39 is 17.7 Å². The summed E-state index contributed by atoms with van der Waals surface area (Å²) in [6, 6.07) is 11.7. The maximum atomic E-state index is 13.0. The molecule has 32 heavy (non-hydrogen) atoms. The summed E-state index contributed by atoms with van der Waals surface area (Å²) in [6.45, 7) is 6.81. The molecule has 3 rings (SSSR count). The Bertz CT molecular complexity index is 1050. The number of ether oxygens (including phenoxy) is 2. The first kappa shape index (κ1) is 23.8. The Morgan fingerprint density at radius 2 is 1.75 bits per heavy atom. The summed E-state index contributed by atoms with van der Waals surface area (Å²) in [6.07, 6.45) is 0. The van der Waals surface area contributed by atoms with Gasteiger partial charge in [0.15, 0.2) is 0 Å². The number of likely N-dealkylation sites (tertiary alicyclic amines) is 1. The zero-order chi connectivity index (χ0) is 23.6. The van der Waals surface area contributed by atoms with Gasteiger partial charge in [-0.1, -0.05) is 56.6 Å². The van der Waals surface area contributed by atoms with Gasteiger partial charge in [-0.3, -0.25) is 9.59 Å². The lowest BCUT2D eigenvalue weighted by Crippen LogP contribution is -2.32. The Hall–Kier alpha value is -2.83. The molecule has 0 bridgehead atoms. The van der Waals surface area contributed by atoms with Crippen molar-refractivity contribution in [3.8, 4) is 5.75 Å². The van der Waals surface area contributed by atoms with Gasteiger partial charge in [0, 0.05) is 19.2 Å². The summed E-state index contributed by atoms with van der Waals surface area (Å²) in [4.78, 5) is 27.3. The van der Waals surface area contributed by atoms with Crippen molar-refractivity contribution in [2.24, 2.45) is 0 Å². The summed E-state index contributed by atoms with van der Waals surface area (Å²) in [5.74, 6) is -1.25.